The van der Waals surface area contributed by atoms with Crippen molar-refractivity contribution in [2.45, 2.75) is 13.0 Å². The second-order valence-corrected chi connectivity index (χ2v) is 6.98. The number of nitrogens with zero attached hydrogens (tertiary/aromatic N) is 1. The number of nitrogens with one attached hydrogen (secondary N) is 2. The van der Waals surface area contributed by atoms with E-state index < -0.39 is 40.8 Å². The largest absolute Gasteiger partial charge is 0.350 e. The minimum atomic E-state index is -1.16. The third-order valence-corrected chi connectivity index (χ3v) is 5.25. The molecule has 0 radical (unpaired) electrons. The highest BCUT2D eigenvalue weighted by Crippen LogP contribution is 2.29. The summed E-state index contributed by atoms with van der Waals surface area (Å²) < 4.78 is 54.8. The van der Waals surface area contributed by atoms with Crippen LogP contribution in [0, 0.1) is 23.3 Å². The van der Waals surface area contributed by atoms with Gasteiger partial charge in [0.15, 0.2) is 23.3 Å². The molecule has 0 bridgehead atoms. The molecule has 0 saturated heterocycles. The molecule has 2 N–H and O–H groups in total. The van der Waals surface area contributed by atoms with Crippen LogP contribution in [0.15, 0.2) is 41.3 Å². The van der Waals surface area contributed by atoms with Gasteiger partial charge < -0.3 is 14.9 Å². The molecule has 0 aliphatic heterocycles. The number of fused-ring (bicyclic) bond motifs is 2. The summed E-state index contributed by atoms with van der Waals surface area (Å²) in [6, 6.07) is 4.52. The third kappa shape index (κ3) is 3.02. The first-order valence-corrected chi connectivity index (χ1v) is 8.93. The number of benzene rings is 2. The van der Waals surface area contributed by atoms with Crippen molar-refractivity contribution in [1.29, 1.82) is 0 Å². The normalized spacial score (nSPS) is 12.5. The number of hydrogen-bond acceptors (Lipinski definition) is 2. The Balaban J connectivity index is 1.75. The lowest BCUT2D eigenvalue weighted by molar-refractivity contribution is 0.0738. The van der Waals surface area contributed by atoms with Gasteiger partial charge >= 0.3 is 0 Å². The minimum absolute atomic E-state index is 0.0230. The zero-order chi connectivity index (χ0) is 21.7. The van der Waals surface area contributed by atoms with Gasteiger partial charge in [-0.15, -0.1) is 0 Å². The standard InChI is InChI=1S/C21H15F4N3O2/c1-9(13-8-26-20(29)11-6-16(24)15(23)5-10(11)13)28(2)21(30)18-7-12-17(27-18)4-3-14(22)19(12)25/h3-9,27H,1-2H3,(H,26,29). The number of aromatic nitrogens is 2. The fourth-order valence-electron chi connectivity index (χ4n) is 3.45. The SMILES string of the molecule is CC(c1c[nH]c(=O)c2cc(F)c(F)cc12)N(C)C(=O)c1cc2c(F)c(F)ccc2[nH]1. The first-order chi connectivity index (χ1) is 14.2. The van der Waals surface area contributed by atoms with E-state index in [0.717, 1.165) is 18.2 Å². The maximum atomic E-state index is 14.0. The topological polar surface area (TPSA) is 69.0 Å². The highest BCUT2D eigenvalue weighted by atomic mass is 19.2. The molecule has 154 valence electrons. The molecule has 2 heterocycles. The van der Waals surface area contributed by atoms with E-state index in [9.17, 15) is 27.2 Å². The number of carbonyl (C=O) groups is 1. The van der Waals surface area contributed by atoms with Gasteiger partial charge in [-0.25, -0.2) is 17.6 Å². The Morgan fingerprint density at radius 3 is 2.33 bits per heavy atom. The summed E-state index contributed by atoms with van der Waals surface area (Å²) in [4.78, 5) is 31.4. The number of halogens is 4. The number of hydrogen-bond donors (Lipinski definition) is 2. The lowest BCUT2D eigenvalue weighted by Crippen LogP contribution is -2.30. The highest BCUT2D eigenvalue weighted by molar-refractivity contribution is 5.98. The summed E-state index contributed by atoms with van der Waals surface area (Å²) in [6.45, 7) is 1.63. The fourth-order valence-corrected chi connectivity index (χ4v) is 3.45. The van der Waals surface area contributed by atoms with Crippen molar-refractivity contribution in [3.63, 3.8) is 0 Å². The molecule has 4 rings (SSSR count). The molecule has 5 nitrogen and oxygen atoms in total. The molecule has 0 aliphatic rings. The molecular weight excluding hydrogens is 402 g/mol. The van der Waals surface area contributed by atoms with Gasteiger partial charge in [0.05, 0.1) is 11.4 Å². The Hall–Kier alpha value is -3.62. The molecule has 1 amide bonds. The van der Waals surface area contributed by atoms with E-state index in [0.29, 0.717) is 5.56 Å². The predicted molar refractivity (Wildman–Crippen MR) is 103 cm³/mol. The molecule has 1 atom stereocenters. The van der Waals surface area contributed by atoms with Crippen molar-refractivity contribution in [3.8, 4) is 0 Å². The second kappa shape index (κ2) is 7.01. The van der Waals surface area contributed by atoms with E-state index >= 15 is 0 Å². The third-order valence-electron chi connectivity index (χ3n) is 5.25. The first kappa shape index (κ1) is 19.7. The summed E-state index contributed by atoms with van der Waals surface area (Å²) in [7, 11) is 1.46. The molecule has 1 unspecified atom stereocenters. The first-order valence-electron chi connectivity index (χ1n) is 8.93. The quantitative estimate of drug-likeness (QED) is 0.485. The van der Waals surface area contributed by atoms with Crippen LogP contribution in [-0.4, -0.2) is 27.8 Å². The molecule has 0 spiro atoms. The van der Waals surface area contributed by atoms with Gasteiger partial charge in [-0.2, -0.15) is 0 Å². The monoisotopic (exact) mass is 417 g/mol. The van der Waals surface area contributed by atoms with Crippen LogP contribution in [0.25, 0.3) is 21.7 Å². The average Bonchev–Trinajstić information content (AvgIpc) is 3.16. The summed E-state index contributed by atoms with van der Waals surface area (Å²) in [5.74, 6) is -4.92. The van der Waals surface area contributed by atoms with Crippen molar-refractivity contribution < 1.29 is 22.4 Å². The van der Waals surface area contributed by atoms with E-state index in [1.54, 1.807) is 6.92 Å². The summed E-state index contributed by atoms with van der Waals surface area (Å²) in [5, 5.41) is 0.0447. The van der Waals surface area contributed by atoms with Crippen LogP contribution in [-0.2, 0) is 0 Å². The average molecular weight is 417 g/mol. The van der Waals surface area contributed by atoms with Gasteiger partial charge in [-0.3, -0.25) is 9.59 Å². The Labute approximate surface area is 166 Å². The smallest absolute Gasteiger partial charge is 0.270 e. The molecule has 0 aliphatic carbocycles. The zero-order valence-corrected chi connectivity index (χ0v) is 15.8. The lowest BCUT2D eigenvalue weighted by Gasteiger charge is -2.25. The molecular formula is C21H15F4N3O2. The van der Waals surface area contributed by atoms with Crippen molar-refractivity contribution in [2.24, 2.45) is 0 Å². The van der Waals surface area contributed by atoms with Gasteiger partial charge in [-0.05, 0) is 48.2 Å². The van der Waals surface area contributed by atoms with E-state index in [4.69, 9.17) is 0 Å². The Kier molecular flexibility index (Phi) is 4.60. The maximum Gasteiger partial charge on any atom is 0.270 e. The minimum Gasteiger partial charge on any atom is -0.350 e. The van der Waals surface area contributed by atoms with E-state index in [-0.39, 0.29) is 27.4 Å². The molecule has 0 fully saturated rings. The molecule has 30 heavy (non-hydrogen) atoms. The van der Waals surface area contributed by atoms with Gasteiger partial charge in [-0.1, -0.05) is 0 Å². The number of amides is 1. The number of H-pyrrole nitrogens is 2. The Morgan fingerprint density at radius 1 is 0.967 bits per heavy atom. The predicted octanol–water partition coefficient (Wildman–Crippen LogP) is 4.40. The molecule has 2 aromatic heterocycles. The number of carbonyl (C=O) groups excluding carboxylic acids is 1. The lowest BCUT2D eigenvalue weighted by atomic mass is 10.0. The van der Waals surface area contributed by atoms with E-state index in [1.165, 1.54) is 30.3 Å². The van der Waals surface area contributed by atoms with Crippen LogP contribution >= 0.6 is 0 Å². The zero-order valence-electron chi connectivity index (χ0n) is 15.8. The van der Waals surface area contributed by atoms with E-state index in [1.807, 2.05) is 0 Å². The molecule has 0 saturated carbocycles. The Bertz CT molecular complexity index is 1380. The summed E-state index contributed by atoms with van der Waals surface area (Å²) in [5.41, 5.74) is 0.0646. The van der Waals surface area contributed by atoms with Crippen molar-refractivity contribution in [2.75, 3.05) is 7.05 Å². The van der Waals surface area contributed by atoms with Gasteiger partial charge in [0.2, 0.25) is 0 Å². The van der Waals surface area contributed by atoms with Crippen LogP contribution in [0.1, 0.15) is 29.0 Å². The van der Waals surface area contributed by atoms with Crippen LogP contribution in [0.5, 0.6) is 0 Å². The second-order valence-electron chi connectivity index (χ2n) is 6.98. The number of rotatable bonds is 3. The van der Waals surface area contributed by atoms with Gasteiger partial charge in [0.25, 0.3) is 11.5 Å². The van der Waals surface area contributed by atoms with Crippen LogP contribution in [0.2, 0.25) is 0 Å². The summed E-state index contributed by atoms with van der Waals surface area (Å²) in [6.07, 6.45) is 1.33. The Morgan fingerprint density at radius 2 is 1.63 bits per heavy atom. The summed E-state index contributed by atoms with van der Waals surface area (Å²) >= 11 is 0. The molecule has 9 heteroatoms. The fraction of sp³-hybridized carbons (Fsp3) is 0.143. The van der Waals surface area contributed by atoms with Gasteiger partial charge in [0.1, 0.15) is 5.69 Å². The van der Waals surface area contributed by atoms with Gasteiger partial charge in [0, 0.05) is 24.1 Å². The van der Waals surface area contributed by atoms with Crippen molar-refractivity contribution in [3.05, 3.63) is 81.4 Å². The van der Waals surface area contributed by atoms with Crippen molar-refractivity contribution >= 4 is 27.6 Å². The highest BCUT2D eigenvalue weighted by Gasteiger charge is 2.24. The number of aromatic amines is 2. The van der Waals surface area contributed by atoms with E-state index in [2.05, 4.69) is 9.97 Å². The number of pyridine rings is 1. The molecule has 2 aromatic carbocycles. The van der Waals surface area contributed by atoms with Crippen LogP contribution in [0.3, 0.4) is 0 Å². The van der Waals surface area contributed by atoms with Crippen LogP contribution < -0.4 is 5.56 Å². The molecule has 4 aromatic rings. The van der Waals surface area contributed by atoms with Crippen LogP contribution in [0.4, 0.5) is 17.6 Å². The van der Waals surface area contributed by atoms with Crippen molar-refractivity contribution in [1.82, 2.24) is 14.9 Å². The maximum absolute atomic E-state index is 14.0.